The van der Waals surface area contributed by atoms with Crippen LogP contribution in [0.15, 0.2) is 18.2 Å². The lowest BCUT2D eigenvalue weighted by Gasteiger charge is -2.39. The summed E-state index contributed by atoms with van der Waals surface area (Å²) in [5.41, 5.74) is 2.39. The highest BCUT2D eigenvalue weighted by atomic mass is 16.4. The third kappa shape index (κ3) is 2.60. The van der Waals surface area contributed by atoms with E-state index in [0.29, 0.717) is 19.1 Å². The summed E-state index contributed by atoms with van der Waals surface area (Å²) in [6, 6.07) is 5.64. The minimum Gasteiger partial charge on any atom is -0.478 e. The zero-order valence-corrected chi connectivity index (χ0v) is 12.2. The SMILES string of the molecule is CN(C(=O)N1CCc2ccc(C(=O)O)cc2C1)C1CCC1. The molecule has 3 rings (SSSR count). The molecule has 0 radical (unpaired) electrons. The number of carbonyl (C=O) groups excluding carboxylic acids is 1. The van der Waals surface area contributed by atoms with Crippen LogP contribution in [0.3, 0.4) is 0 Å². The van der Waals surface area contributed by atoms with Crippen LogP contribution in [-0.4, -0.2) is 46.5 Å². The van der Waals surface area contributed by atoms with E-state index in [1.165, 1.54) is 6.42 Å². The second kappa shape index (κ2) is 5.39. The van der Waals surface area contributed by atoms with Gasteiger partial charge in [0.15, 0.2) is 0 Å². The Balaban J connectivity index is 1.75. The maximum atomic E-state index is 12.5. The van der Waals surface area contributed by atoms with Gasteiger partial charge in [0.2, 0.25) is 0 Å². The highest BCUT2D eigenvalue weighted by Crippen LogP contribution is 2.26. The molecule has 0 aromatic heterocycles. The summed E-state index contributed by atoms with van der Waals surface area (Å²) >= 11 is 0. The van der Waals surface area contributed by atoms with Gasteiger partial charge < -0.3 is 14.9 Å². The molecule has 1 aromatic rings. The van der Waals surface area contributed by atoms with Crippen LogP contribution >= 0.6 is 0 Å². The van der Waals surface area contributed by atoms with Crippen LogP contribution in [0.2, 0.25) is 0 Å². The van der Waals surface area contributed by atoms with Crippen molar-refractivity contribution < 1.29 is 14.7 Å². The average Bonchev–Trinajstić information content (AvgIpc) is 2.43. The van der Waals surface area contributed by atoms with E-state index >= 15 is 0 Å². The molecule has 5 heteroatoms. The number of rotatable bonds is 2. The number of hydrogen-bond acceptors (Lipinski definition) is 2. The molecule has 0 spiro atoms. The Labute approximate surface area is 124 Å². The minimum atomic E-state index is -0.923. The fourth-order valence-corrected chi connectivity index (χ4v) is 3.01. The van der Waals surface area contributed by atoms with E-state index in [1.807, 2.05) is 22.9 Å². The molecule has 21 heavy (non-hydrogen) atoms. The highest BCUT2D eigenvalue weighted by molar-refractivity contribution is 5.88. The molecule has 1 N–H and O–H groups in total. The topological polar surface area (TPSA) is 60.9 Å². The number of benzene rings is 1. The number of hydrogen-bond donors (Lipinski definition) is 1. The molecule has 1 aliphatic heterocycles. The van der Waals surface area contributed by atoms with Crippen LogP contribution in [0.4, 0.5) is 4.79 Å². The van der Waals surface area contributed by atoms with E-state index in [0.717, 1.165) is 30.4 Å². The van der Waals surface area contributed by atoms with Crippen LogP contribution in [0, 0.1) is 0 Å². The van der Waals surface area contributed by atoms with Crippen LogP contribution in [0.5, 0.6) is 0 Å². The summed E-state index contributed by atoms with van der Waals surface area (Å²) in [6.45, 7) is 1.21. The first kappa shape index (κ1) is 13.9. The van der Waals surface area contributed by atoms with Gasteiger partial charge in [-0.1, -0.05) is 6.07 Å². The average molecular weight is 288 g/mol. The molecular weight excluding hydrogens is 268 g/mol. The lowest BCUT2D eigenvalue weighted by Crippen LogP contribution is -2.49. The first-order valence-electron chi connectivity index (χ1n) is 7.43. The molecule has 112 valence electrons. The molecule has 1 aliphatic carbocycles. The van der Waals surface area contributed by atoms with E-state index in [9.17, 15) is 9.59 Å². The largest absolute Gasteiger partial charge is 0.478 e. The molecule has 0 saturated heterocycles. The number of aromatic carboxylic acids is 1. The molecule has 5 nitrogen and oxygen atoms in total. The molecule has 0 unspecified atom stereocenters. The number of nitrogens with zero attached hydrogens (tertiary/aromatic N) is 2. The molecule has 1 fully saturated rings. The van der Waals surface area contributed by atoms with Gasteiger partial charge >= 0.3 is 12.0 Å². The van der Waals surface area contributed by atoms with Gasteiger partial charge in [-0.2, -0.15) is 0 Å². The maximum absolute atomic E-state index is 12.5. The Morgan fingerprint density at radius 1 is 1.29 bits per heavy atom. The summed E-state index contributed by atoms with van der Waals surface area (Å²) in [6.07, 6.45) is 4.18. The Bertz CT molecular complexity index is 581. The van der Waals surface area contributed by atoms with E-state index in [-0.39, 0.29) is 11.6 Å². The lowest BCUT2D eigenvalue weighted by molar-refractivity contribution is 0.0696. The second-order valence-electron chi connectivity index (χ2n) is 5.94. The quantitative estimate of drug-likeness (QED) is 0.908. The van der Waals surface area contributed by atoms with Gasteiger partial charge in [-0.25, -0.2) is 9.59 Å². The normalized spacial score (nSPS) is 17.9. The fraction of sp³-hybridized carbons (Fsp3) is 0.500. The first-order chi connectivity index (χ1) is 10.1. The predicted octanol–water partition coefficient (Wildman–Crippen LogP) is 2.35. The zero-order valence-electron chi connectivity index (χ0n) is 12.2. The number of amides is 2. The van der Waals surface area contributed by atoms with Gasteiger partial charge in [-0.15, -0.1) is 0 Å². The van der Waals surface area contributed by atoms with Gasteiger partial charge in [0.1, 0.15) is 0 Å². The van der Waals surface area contributed by atoms with Gasteiger partial charge in [0.05, 0.1) is 5.56 Å². The summed E-state index contributed by atoms with van der Waals surface area (Å²) < 4.78 is 0. The van der Waals surface area contributed by atoms with Crippen molar-refractivity contribution in [3.8, 4) is 0 Å². The summed E-state index contributed by atoms with van der Waals surface area (Å²) in [7, 11) is 1.87. The molecule has 2 amide bonds. The minimum absolute atomic E-state index is 0.0612. The summed E-state index contributed by atoms with van der Waals surface area (Å²) in [4.78, 5) is 27.2. The number of carbonyl (C=O) groups is 2. The molecule has 0 bridgehead atoms. The predicted molar refractivity (Wildman–Crippen MR) is 78.3 cm³/mol. The van der Waals surface area contributed by atoms with Crippen molar-refractivity contribution in [1.29, 1.82) is 0 Å². The molecular formula is C16H20N2O3. The third-order valence-electron chi connectivity index (χ3n) is 4.66. The fourth-order valence-electron chi connectivity index (χ4n) is 3.01. The standard InChI is InChI=1S/C16H20N2O3/c1-17(14-3-2-4-14)16(21)18-8-7-11-5-6-12(15(19)20)9-13(11)10-18/h5-6,9,14H,2-4,7-8,10H2,1H3,(H,19,20). The Morgan fingerprint density at radius 3 is 2.67 bits per heavy atom. The van der Waals surface area contributed by atoms with E-state index < -0.39 is 5.97 Å². The van der Waals surface area contributed by atoms with Crippen molar-refractivity contribution in [3.05, 3.63) is 34.9 Å². The van der Waals surface area contributed by atoms with Gasteiger partial charge in [0.25, 0.3) is 0 Å². The molecule has 0 atom stereocenters. The first-order valence-corrected chi connectivity index (χ1v) is 7.43. The highest BCUT2D eigenvalue weighted by Gasteiger charge is 2.30. The Morgan fingerprint density at radius 2 is 2.05 bits per heavy atom. The van der Waals surface area contributed by atoms with Crippen molar-refractivity contribution >= 4 is 12.0 Å². The van der Waals surface area contributed by atoms with E-state index in [4.69, 9.17) is 5.11 Å². The molecule has 2 aliphatic rings. The lowest BCUT2D eigenvalue weighted by atomic mass is 9.92. The molecule has 1 aromatic carbocycles. The van der Waals surface area contributed by atoms with Crippen LogP contribution in [0.25, 0.3) is 0 Å². The maximum Gasteiger partial charge on any atom is 0.335 e. The Hall–Kier alpha value is -2.04. The summed E-state index contributed by atoms with van der Waals surface area (Å²) in [5.74, 6) is -0.923. The monoisotopic (exact) mass is 288 g/mol. The van der Waals surface area contributed by atoms with Crippen LogP contribution in [0.1, 0.15) is 40.7 Å². The summed E-state index contributed by atoms with van der Waals surface area (Å²) in [5, 5.41) is 9.07. The van der Waals surface area contributed by atoms with E-state index in [2.05, 4.69) is 0 Å². The van der Waals surface area contributed by atoms with Crippen LogP contribution < -0.4 is 0 Å². The number of fused-ring (bicyclic) bond motifs is 1. The van der Waals surface area contributed by atoms with Gasteiger partial charge in [-0.05, 0) is 48.9 Å². The zero-order chi connectivity index (χ0) is 15.0. The Kier molecular flexibility index (Phi) is 3.57. The number of carboxylic acid groups (broad SMARTS) is 1. The van der Waals surface area contributed by atoms with Gasteiger partial charge in [0, 0.05) is 26.2 Å². The molecule has 1 saturated carbocycles. The van der Waals surface area contributed by atoms with Crippen LogP contribution in [-0.2, 0) is 13.0 Å². The van der Waals surface area contributed by atoms with E-state index in [1.54, 1.807) is 12.1 Å². The van der Waals surface area contributed by atoms with Crippen molar-refractivity contribution in [3.63, 3.8) is 0 Å². The van der Waals surface area contributed by atoms with Crippen molar-refractivity contribution in [1.82, 2.24) is 9.80 Å². The number of carboxylic acids is 1. The van der Waals surface area contributed by atoms with Crippen molar-refractivity contribution in [2.75, 3.05) is 13.6 Å². The molecule has 1 heterocycles. The van der Waals surface area contributed by atoms with Gasteiger partial charge in [-0.3, -0.25) is 0 Å². The smallest absolute Gasteiger partial charge is 0.335 e. The third-order valence-corrected chi connectivity index (χ3v) is 4.66. The van der Waals surface area contributed by atoms with Crippen molar-refractivity contribution in [2.24, 2.45) is 0 Å². The number of urea groups is 1. The van der Waals surface area contributed by atoms with Crippen molar-refractivity contribution in [2.45, 2.75) is 38.3 Å². The second-order valence-corrected chi connectivity index (χ2v) is 5.94.